The average Bonchev–Trinajstić information content (AvgIpc) is 2.86. The number of benzene rings is 3. The average molecular weight is 445 g/mol. The second-order valence-electron chi connectivity index (χ2n) is 7.94. The van der Waals surface area contributed by atoms with Crippen molar-refractivity contribution >= 4 is 17.5 Å². The Bertz CT molecular complexity index is 1130. The molecule has 6 heteroatoms. The molecule has 0 aromatic heterocycles. The number of rotatable bonds is 6. The van der Waals surface area contributed by atoms with Crippen molar-refractivity contribution in [2.45, 2.75) is 32.5 Å². The van der Waals surface area contributed by atoms with E-state index < -0.39 is 6.09 Å². The summed E-state index contributed by atoms with van der Waals surface area (Å²) in [6, 6.07) is 23.3. The van der Waals surface area contributed by atoms with Crippen molar-refractivity contribution in [2.75, 3.05) is 19.1 Å². The maximum atomic E-state index is 13.2. The van der Waals surface area contributed by atoms with Gasteiger partial charge >= 0.3 is 6.09 Å². The number of hydrogen-bond acceptors (Lipinski definition) is 5. The molecule has 33 heavy (non-hydrogen) atoms. The van der Waals surface area contributed by atoms with Crippen molar-refractivity contribution in [2.24, 2.45) is 4.99 Å². The van der Waals surface area contributed by atoms with Crippen molar-refractivity contribution < 1.29 is 19.0 Å². The van der Waals surface area contributed by atoms with Gasteiger partial charge in [-0.2, -0.15) is 0 Å². The first kappa shape index (κ1) is 22.4. The van der Waals surface area contributed by atoms with E-state index in [1.54, 1.807) is 19.1 Å². The first-order valence-corrected chi connectivity index (χ1v) is 10.9. The third-order valence-electron chi connectivity index (χ3n) is 5.70. The summed E-state index contributed by atoms with van der Waals surface area (Å²) in [6.07, 6.45) is 0.206. The molecule has 1 aliphatic rings. The van der Waals surface area contributed by atoms with Crippen LogP contribution in [0.3, 0.4) is 0 Å². The molecule has 0 bridgehead atoms. The van der Waals surface area contributed by atoms with Crippen molar-refractivity contribution in [1.29, 1.82) is 0 Å². The third-order valence-corrected chi connectivity index (χ3v) is 5.70. The van der Waals surface area contributed by atoms with Gasteiger partial charge in [0, 0.05) is 29.8 Å². The van der Waals surface area contributed by atoms with Crippen molar-refractivity contribution in [3.63, 3.8) is 0 Å². The SMILES string of the molecule is COc1cc2c(cc1OC)N(C(=O)OCc1ccccc1)C(C)CC2=NCc1ccccc1. The number of ether oxygens (including phenoxy) is 3. The highest BCUT2D eigenvalue weighted by atomic mass is 16.6. The van der Waals surface area contributed by atoms with Gasteiger partial charge in [-0.3, -0.25) is 9.89 Å². The molecule has 1 heterocycles. The second kappa shape index (κ2) is 10.2. The van der Waals surface area contributed by atoms with Crippen LogP contribution >= 0.6 is 0 Å². The Kier molecular flexibility index (Phi) is 6.93. The van der Waals surface area contributed by atoms with Gasteiger partial charge in [0.15, 0.2) is 11.5 Å². The van der Waals surface area contributed by atoms with Gasteiger partial charge in [-0.05, 0) is 24.1 Å². The lowest BCUT2D eigenvalue weighted by atomic mass is 9.94. The van der Waals surface area contributed by atoms with Crippen LogP contribution in [0.25, 0.3) is 0 Å². The van der Waals surface area contributed by atoms with Gasteiger partial charge in [-0.1, -0.05) is 60.7 Å². The van der Waals surface area contributed by atoms with Crippen molar-refractivity contribution in [3.05, 3.63) is 89.5 Å². The van der Waals surface area contributed by atoms with Gasteiger partial charge in [0.2, 0.25) is 0 Å². The van der Waals surface area contributed by atoms with E-state index in [1.807, 2.05) is 67.6 Å². The molecule has 0 saturated carbocycles. The maximum Gasteiger partial charge on any atom is 0.414 e. The van der Waals surface area contributed by atoms with Crippen LogP contribution in [0.15, 0.2) is 77.8 Å². The first-order chi connectivity index (χ1) is 16.1. The predicted octanol–water partition coefficient (Wildman–Crippen LogP) is 5.63. The van der Waals surface area contributed by atoms with E-state index in [4.69, 9.17) is 19.2 Å². The Morgan fingerprint density at radius 1 is 0.939 bits per heavy atom. The topological polar surface area (TPSA) is 60.4 Å². The Hall–Kier alpha value is -3.80. The Labute approximate surface area is 194 Å². The lowest BCUT2D eigenvalue weighted by molar-refractivity contribution is 0.145. The van der Waals surface area contributed by atoms with Gasteiger partial charge in [0.1, 0.15) is 6.61 Å². The van der Waals surface area contributed by atoms with Crippen molar-refractivity contribution in [1.82, 2.24) is 0 Å². The van der Waals surface area contributed by atoms with Gasteiger partial charge in [-0.25, -0.2) is 4.79 Å². The number of anilines is 1. The van der Waals surface area contributed by atoms with Crippen LogP contribution in [-0.4, -0.2) is 32.1 Å². The van der Waals surface area contributed by atoms with Gasteiger partial charge in [0.25, 0.3) is 0 Å². The van der Waals surface area contributed by atoms with Gasteiger partial charge in [-0.15, -0.1) is 0 Å². The minimum atomic E-state index is -0.401. The minimum Gasteiger partial charge on any atom is -0.493 e. The summed E-state index contributed by atoms with van der Waals surface area (Å²) >= 11 is 0. The van der Waals surface area contributed by atoms with E-state index in [1.165, 1.54) is 0 Å². The molecule has 170 valence electrons. The standard InChI is InChI=1S/C27H28N2O4/c1-19-14-23(28-17-20-10-6-4-7-11-20)22-15-25(31-2)26(32-3)16-24(22)29(19)27(30)33-18-21-12-8-5-9-13-21/h4-13,15-16,19H,14,17-18H2,1-3H3. The van der Waals surface area contributed by atoms with E-state index in [0.717, 1.165) is 22.4 Å². The van der Waals surface area contributed by atoms with Gasteiger partial charge < -0.3 is 14.2 Å². The molecule has 1 atom stereocenters. The molecular weight excluding hydrogens is 416 g/mol. The number of hydrogen-bond donors (Lipinski definition) is 0. The van der Waals surface area contributed by atoms with Crippen LogP contribution in [0.2, 0.25) is 0 Å². The number of methoxy groups -OCH3 is 2. The first-order valence-electron chi connectivity index (χ1n) is 10.9. The monoisotopic (exact) mass is 444 g/mol. The predicted molar refractivity (Wildman–Crippen MR) is 129 cm³/mol. The molecule has 0 radical (unpaired) electrons. The highest BCUT2D eigenvalue weighted by Gasteiger charge is 2.34. The molecule has 0 aliphatic carbocycles. The summed E-state index contributed by atoms with van der Waals surface area (Å²) < 4.78 is 16.7. The molecule has 0 N–H and O–H groups in total. The lowest BCUT2D eigenvalue weighted by Crippen LogP contribution is -2.44. The number of carbonyl (C=O) groups is 1. The van der Waals surface area contributed by atoms with Crippen LogP contribution < -0.4 is 14.4 Å². The van der Waals surface area contributed by atoms with E-state index in [0.29, 0.717) is 30.2 Å². The largest absolute Gasteiger partial charge is 0.493 e. The van der Waals surface area contributed by atoms with E-state index in [9.17, 15) is 4.79 Å². The molecule has 0 fully saturated rings. The quantitative estimate of drug-likeness (QED) is 0.494. The molecule has 0 saturated heterocycles. The zero-order valence-electron chi connectivity index (χ0n) is 19.2. The summed E-state index contributed by atoms with van der Waals surface area (Å²) in [6.45, 7) is 2.77. The molecule has 3 aromatic carbocycles. The molecule has 6 nitrogen and oxygen atoms in total. The van der Waals surface area contributed by atoms with E-state index in [2.05, 4.69) is 12.1 Å². The number of amides is 1. The summed E-state index contributed by atoms with van der Waals surface area (Å²) in [4.78, 5) is 19.8. The maximum absolute atomic E-state index is 13.2. The van der Waals surface area contributed by atoms with Crippen LogP contribution in [0.4, 0.5) is 10.5 Å². The smallest absolute Gasteiger partial charge is 0.414 e. The minimum absolute atomic E-state index is 0.131. The lowest BCUT2D eigenvalue weighted by Gasteiger charge is -2.35. The van der Waals surface area contributed by atoms with E-state index in [-0.39, 0.29) is 12.6 Å². The summed E-state index contributed by atoms with van der Waals surface area (Å²) in [5.41, 5.74) is 4.54. The molecular formula is C27H28N2O4. The zero-order valence-corrected chi connectivity index (χ0v) is 19.2. The highest BCUT2D eigenvalue weighted by molar-refractivity contribution is 6.11. The Morgan fingerprint density at radius 2 is 1.55 bits per heavy atom. The summed E-state index contributed by atoms with van der Waals surface area (Å²) in [5, 5.41) is 0. The normalized spacial score (nSPS) is 16.3. The van der Waals surface area contributed by atoms with Crippen LogP contribution in [0, 0.1) is 0 Å². The van der Waals surface area contributed by atoms with Crippen LogP contribution in [-0.2, 0) is 17.9 Å². The molecule has 4 rings (SSSR count). The fourth-order valence-corrected chi connectivity index (χ4v) is 4.00. The number of aliphatic imine (C=N–C) groups is 1. The molecule has 3 aromatic rings. The number of nitrogens with zero attached hydrogens (tertiary/aromatic N) is 2. The number of fused-ring (bicyclic) bond motifs is 1. The second-order valence-corrected chi connectivity index (χ2v) is 7.94. The molecule has 0 spiro atoms. The fourth-order valence-electron chi connectivity index (χ4n) is 4.00. The van der Waals surface area contributed by atoms with Crippen LogP contribution in [0.5, 0.6) is 11.5 Å². The molecule has 1 unspecified atom stereocenters. The molecule has 1 amide bonds. The van der Waals surface area contributed by atoms with Gasteiger partial charge in [0.05, 0.1) is 26.5 Å². The summed E-state index contributed by atoms with van der Waals surface area (Å²) in [5.74, 6) is 1.14. The van der Waals surface area contributed by atoms with E-state index >= 15 is 0 Å². The number of carbonyl (C=O) groups excluding carboxylic acids is 1. The Balaban J connectivity index is 1.68. The molecule has 1 aliphatic heterocycles. The fraction of sp³-hybridized carbons (Fsp3) is 0.259. The zero-order chi connectivity index (χ0) is 23.2. The summed E-state index contributed by atoms with van der Waals surface area (Å²) in [7, 11) is 3.18. The Morgan fingerprint density at radius 3 is 2.18 bits per heavy atom. The highest BCUT2D eigenvalue weighted by Crippen LogP contribution is 2.40. The van der Waals surface area contributed by atoms with Crippen LogP contribution in [0.1, 0.15) is 30.0 Å². The van der Waals surface area contributed by atoms with Crippen molar-refractivity contribution in [3.8, 4) is 11.5 Å². The third kappa shape index (κ3) is 5.00.